The second-order valence-corrected chi connectivity index (χ2v) is 8.38. The van der Waals surface area contributed by atoms with E-state index in [0.717, 1.165) is 35.5 Å². The number of fused-ring (bicyclic) bond motifs is 1. The van der Waals surface area contributed by atoms with Gasteiger partial charge in [-0.2, -0.15) is 4.37 Å². The molecule has 1 aromatic carbocycles. The summed E-state index contributed by atoms with van der Waals surface area (Å²) in [7, 11) is 0. The SMILES string of the molecule is O=C(Cc1cccnc1)N1CC[C@@H]2[C@H]1CCN2C(=O)c1nc(-c2ccccc2)ns1. The van der Waals surface area contributed by atoms with Gasteiger partial charge < -0.3 is 9.80 Å². The van der Waals surface area contributed by atoms with Crippen LogP contribution in [0.5, 0.6) is 0 Å². The van der Waals surface area contributed by atoms with Gasteiger partial charge in [0.1, 0.15) is 0 Å². The van der Waals surface area contributed by atoms with Crippen LogP contribution in [0.15, 0.2) is 54.9 Å². The Hall–Kier alpha value is -3.13. The van der Waals surface area contributed by atoms with Gasteiger partial charge >= 0.3 is 0 Å². The number of hydrogen-bond acceptors (Lipinski definition) is 6. The number of nitrogens with zero attached hydrogens (tertiary/aromatic N) is 5. The number of benzene rings is 1. The predicted molar refractivity (Wildman–Crippen MR) is 113 cm³/mol. The van der Waals surface area contributed by atoms with Crippen LogP contribution in [0.2, 0.25) is 0 Å². The minimum atomic E-state index is -0.0799. The number of carbonyl (C=O) groups is 2. The van der Waals surface area contributed by atoms with Crippen molar-refractivity contribution >= 4 is 23.3 Å². The summed E-state index contributed by atoms with van der Waals surface area (Å²) in [5.41, 5.74) is 1.82. The van der Waals surface area contributed by atoms with E-state index in [1.54, 1.807) is 12.4 Å². The molecule has 3 aromatic rings. The van der Waals surface area contributed by atoms with Crippen molar-refractivity contribution in [3.05, 3.63) is 65.4 Å². The normalized spacial score (nSPS) is 20.4. The third kappa shape index (κ3) is 3.47. The molecule has 2 aliphatic rings. The Morgan fingerprint density at radius 3 is 2.53 bits per heavy atom. The van der Waals surface area contributed by atoms with Gasteiger partial charge in [-0.15, -0.1) is 0 Å². The van der Waals surface area contributed by atoms with E-state index in [1.807, 2.05) is 52.3 Å². The topological polar surface area (TPSA) is 79.3 Å². The van der Waals surface area contributed by atoms with Crippen LogP contribution < -0.4 is 0 Å². The minimum absolute atomic E-state index is 0.0550. The Morgan fingerprint density at radius 1 is 1.00 bits per heavy atom. The van der Waals surface area contributed by atoms with Gasteiger partial charge in [0.2, 0.25) is 10.9 Å². The molecule has 2 atom stereocenters. The molecule has 0 N–H and O–H groups in total. The lowest BCUT2D eigenvalue weighted by Gasteiger charge is -2.25. The predicted octanol–water partition coefficient (Wildman–Crippen LogP) is 2.66. The molecule has 2 aliphatic heterocycles. The molecule has 0 aliphatic carbocycles. The Labute approximate surface area is 178 Å². The molecular formula is C22H21N5O2S. The summed E-state index contributed by atoms with van der Waals surface area (Å²) in [5.74, 6) is 0.607. The van der Waals surface area contributed by atoms with Crippen LogP contribution in [-0.4, -0.2) is 61.1 Å². The molecule has 30 heavy (non-hydrogen) atoms. The molecule has 0 bridgehead atoms. The average Bonchev–Trinajstić information content (AvgIpc) is 3.51. The summed E-state index contributed by atoms with van der Waals surface area (Å²) in [6.45, 7) is 1.33. The van der Waals surface area contributed by atoms with E-state index in [9.17, 15) is 9.59 Å². The molecule has 7 nitrogen and oxygen atoms in total. The first-order valence-corrected chi connectivity index (χ1v) is 10.9. The zero-order valence-electron chi connectivity index (χ0n) is 16.3. The molecular weight excluding hydrogens is 398 g/mol. The van der Waals surface area contributed by atoms with E-state index in [1.165, 1.54) is 0 Å². The van der Waals surface area contributed by atoms with Gasteiger partial charge in [-0.05, 0) is 36.0 Å². The lowest BCUT2D eigenvalue weighted by molar-refractivity contribution is -0.131. The van der Waals surface area contributed by atoms with Crippen LogP contribution in [0.1, 0.15) is 28.2 Å². The van der Waals surface area contributed by atoms with E-state index in [2.05, 4.69) is 14.3 Å². The van der Waals surface area contributed by atoms with E-state index >= 15 is 0 Å². The molecule has 0 radical (unpaired) electrons. The molecule has 5 rings (SSSR count). The van der Waals surface area contributed by atoms with Gasteiger partial charge in [0.15, 0.2) is 5.82 Å². The van der Waals surface area contributed by atoms with Crippen LogP contribution in [0.4, 0.5) is 0 Å². The second-order valence-electron chi connectivity index (χ2n) is 7.62. The Kier molecular flexibility index (Phi) is 5.00. The van der Waals surface area contributed by atoms with Gasteiger partial charge in [0, 0.05) is 31.0 Å². The van der Waals surface area contributed by atoms with Gasteiger partial charge in [0.25, 0.3) is 5.91 Å². The van der Waals surface area contributed by atoms with Crippen molar-refractivity contribution in [1.82, 2.24) is 24.1 Å². The molecule has 0 unspecified atom stereocenters. The second kappa shape index (κ2) is 7.95. The molecule has 0 saturated carbocycles. The van der Waals surface area contributed by atoms with Crippen LogP contribution in [0.25, 0.3) is 11.4 Å². The molecule has 2 saturated heterocycles. The van der Waals surface area contributed by atoms with Crippen LogP contribution >= 0.6 is 11.5 Å². The monoisotopic (exact) mass is 419 g/mol. The summed E-state index contributed by atoms with van der Waals surface area (Å²) >= 11 is 1.14. The molecule has 8 heteroatoms. The van der Waals surface area contributed by atoms with Crippen molar-refractivity contribution in [3.63, 3.8) is 0 Å². The van der Waals surface area contributed by atoms with Crippen molar-refractivity contribution in [2.24, 2.45) is 0 Å². The van der Waals surface area contributed by atoms with E-state index in [0.29, 0.717) is 30.3 Å². The Balaban J connectivity index is 1.27. The fraction of sp³-hybridized carbons (Fsp3) is 0.318. The first kappa shape index (κ1) is 18.9. The molecule has 4 heterocycles. The number of rotatable bonds is 4. The third-order valence-corrected chi connectivity index (χ3v) is 6.58. The Bertz CT molecular complexity index is 1060. The first-order chi connectivity index (χ1) is 14.7. The average molecular weight is 420 g/mol. The summed E-state index contributed by atoms with van der Waals surface area (Å²) in [6, 6.07) is 13.6. The van der Waals surface area contributed by atoms with Gasteiger partial charge in [-0.3, -0.25) is 14.6 Å². The van der Waals surface area contributed by atoms with Crippen molar-refractivity contribution < 1.29 is 9.59 Å². The Morgan fingerprint density at radius 2 is 1.77 bits per heavy atom. The van der Waals surface area contributed by atoms with Crippen molar-refractivity contribution in [2.45, 2.75) is 31.3 Å². The first-order valence-electron chi connectivity index (χ1n) is 10.1. The zero-order chi connectivity index (χ0) is 20.5. The molecule has 2 fully saturated rings. The van der Waals surface area contributed by atoms with Crippen LogP contribution in [-0.2, 0) is 11.2 Å². The van der Waals surface area contributed by atoms with E-state index in [4.69, 9.17) is 0 Å². The third-order valence-electron chi connectivity index (χ3n) is 5.88. The maximum absolute atomic E-state index is 13.1. The lowest BCUT2D eigenvalue weighted by atomic mass is 10.1. The van der Waals surface area contributed by atoms with Crippen molar-refractivity contribution in [2.75, 3.05) is 13.1 Å². The summed E-state index contributed by atoms with van der Waals surface area (Å²) in [6.07, 6.45) is 5.40. The number of likely N-dealkylation sites (tertiary alicyclic amines) is 2. The smallest absolute Gasteiger partial charge is 0.284 e. The van der Waals surface area contributed by atoms with Gasteiger partial charge in [-0.1, -0.05) is 36.4 Å². The van der Waals surface area contributed by atoms with Crippen molar-refractivity contribution in [3.8, 4) is 11.4 Å². The summed E-state index contributed by atoms with van der Waals surface area (Å²) < 4.78 is 4.37. The highest BCUT2D eigenvalue weighted by atomic mass is 32.1. The number of pyridine rings is 1. The maximum Gasteiger partial charge on any atom is 0.284 e. The maximum atomic E-state index is 13.1. The number of hydrogen-bond donors (Lipinski definition) is 0. The highest BCUT2D eigenvalue weighted by Crippen LogP contribution is 2.33. The molecule has 2 aromatic heterocycles. The summed E-state index contributed by atoms with van der Waals surface area (Å²) in [5, 5.41) is 0.412. The van der Waals surface area contributed by atoms with E-state index in [-0.39, 0.29) is 23.9 Å². The van der Waals surface area contributed by atoms with Gasteiger partial charge in [0.05, 0.1) is 18.5 Å². The fourth-order valence-corrected chi connectivity index (χ4v) is 5.11. The minimum Gasteiger partial charge on any atom is -0.337 e. The summed E-state index contributed by atoms with van der Waals surface area (Å²) in [4.78, 5) is 38.4. The highest BCUT2D eigenvalue weighted by Gasteiger charge is 2.46. The number of aromatic nitrogens is 3. The quantitative estimate of drug-likeness (QED) is 0.650. The number of amides is 2. The standard InChI is InChI=1S/C22H21N5O2S/c28-19(13-15-5-4-10-23-14-15)26-11-8-18-17(26)9-12-27(18)22(29)21-24-20(25-30-21)16-6-2-1-3-7-16/h1-7,10,14,17-18H,8-9,11-13H2/t17-,18-/m1/s1. The number of carbonyl (C=O) groups excluding carboxylic acids is 2. The zero-order valence-corrected chi connectivity index (χ0v) is 17.2. The molecule has 152 valence electrons. The largest absolute Gasteiger partial charge is 0.337 e. The van der Waals surface area contributed by atoms with Crippen molar-refractivity contribution in [1.29, 1.82) is 0 Å². The van der Waals surface area contributed by atoms with Gasteiger partial charge in [-0.25, -0.2) is 4.98 Å². The highest BCUT2D eigenvalue weighted by molar-refractivity contribution is 7.07. The molecule has 0 spiro atoms. The molecule has 2 amide bonds. The fourth-order valence-electron chi connectivity index (χ4n) is 4.46. The van der Waals surface area contributed by atoms with Crippen LogP contribution in [0.3, 0.4) is 0 Å². The van der Waals surface area contributed by atoms with Crippen LogP contribution in [0, 0.1) is 0 Å². The van der Waals surface area contributed by atoms with E-state index < -0.39 is 0 Å². The lowest BCUT2D eigenvalue weighted by Crippen LogP contribution is -2.42.